The van der Waals surface area contributed by atoms with Gasteiger partial charge in [-0.2, -0.15) is 0 Å². The molecule has 22 heavy (non-hydrogen) atoms. The molecule has 0 unspecified atom stereocenters. The molecule has 1 aromatic carbocycles. The van der Waals surface area contributed by atoms with Crippen LogP contribution in [0, 0.1) is 0 Å². The van der Waals surface area contributed by atoms with Crippen LogP contribution in [0.1, 0.15) is 10.6 Å². The summed E-state index contributed by atoms with van der Waals surface area (Å²) < 4.78 is 5.47. The monoisotopic (exact) mass is 306 g/mol. The molecule has 0 spiro atoms. The number of benzene rings is 1. The number of carbonyl (C=O) groups is 1. The van der Waals surface area contributed by atoms with Gasteiger partial charge in [0.2, 0.25) is 0 Å². The summed E-state index contributed by atoms with van der Waals surface area (Å²) in [4.78, 5) is 20.6. The van der Waals surface area contributed by atoms with E-state index in [9.17, 15) is 4.79 Å². The molecule has 4 nitrogen and oxygen atoms in total. The SMILES string of the molecule is O=Cc1ccc(-c2cccc(-c3nc4cccnc4s3)c2)o1. The molecule has 0 aliphatic carbocycles. The van der Waals surface area contributed by atoms with Gasteiger partial charge in [0.05, 0.1) is 0 Å². The molecule has 3 heterocycles. The third-order valence-corrected chi connectivity index (χ3v) is 4.33. The molecule has 0 saturated carbocycles. The van der Waals surface area contributed by atoms with E-state index < -0.39 is 0 Å². The molecule has 0 bridgehead atoms. The molecule has 5 heteroatoms. The predicted octanol–water partition coefficient (Wildman–Crippen LogP) is 4.43. The van der Waals surface area contributed by atoms with Crippen LogP contribution in [0.5, 0.6) is 0 Å². The Hall–Kier alpha value is -2.79. The number of furan rings is 1. The van der Waals surface area contributed by atoms with E-state index in [0.29, 0.717) is 17.8 Å². The van der Waals surface area contributed by atoms with E-state index in [1.165, 1.54) is 0 Å². The number of fused-ring (bicyclic) bond motifs is 1. The molecule has 3 aromatic heterocycles. The van der Waals surface area contributed by atoms with Gasteiger partial charge >= 0.3 is 0 Å². The Labute approximate surface area is 130 Å². The topological polar surface area (TPSA) is 56.0 Å². The molecule has 0 amide bonds. The summed E-state index contributed by atoms with van der Waals surface area (Å²) >= 11 is 1.55. The molecule has 0 aliphatic heterocycles. The minimum atomic E-state index is 0.324. The Morgan fingerprint density at radius 2 is 1.95 bits per heavy atom. The zero-order chi connectivity index (χ0) is 14.9. The van der Waals surface area contributed by atoms with Crippen molar-refractivity contribution in [1.82, 2.24) is 9.97 Å². The first-order chi connectivity index (χ1) is 10.8. The fraction of sp³-hybridized carbons (Fsp3) is 0. The van der Waals surface area contributed by atoms with Crippen molar-refractivity contribution in [2.24, 2.45) is 0 Å². The van der Waals surface area contributed by atoms with Gasteiger partial charge in [-0.25, -0.2) is 9.97 Å². The van der Waals surface area contributed by atoms with Crippen molar-refractivity contribution in [1.29, 1.82) is 0 Å². The van der Waals surface area contributed by atoms with Crippen LogP contribution >= 0.6 is 11.3 Å². The third kappa shape index (κ3) is 2.21. The van der Waals surface area contributed by atoms with Gasteiger partial charge in [-0.15, -0.1) is 0 Å². The van der Waals surface area contributed by atoms with E-state index in [0.717, 1.165) is 26.5 Å². The highest BCUT2D eigenvalue weighted by atomic mass is 32.1. The average Bonchev–Trinajstić information content (AvgIpc) is 3.21. The number of thiazole rings is 1. The van der Waals surface area contributed by atoms with E-state index in [1.807, 2.05) is 36.4 Å². The number of nitrogens with zero attached hydrogens (tertiary/aromatic N) is 2. The van der Waals surface area contributed by atoms with Gasteiger partial charge in [-0.3, -0.25) is 4.79 Å². The highest BCUT2D eigenvalue weighted by Crippen LogP contribution is 2.31. The van der Waals surface area contributed by atoms with Crippen LogP contribution in [0.3, 0.4) is 0 Å². The molecular formula is C17H10N2O2S. The van der Waals surface area contributed by atoms with E-state index in [-0.39, 0.29) is 0 Å². The Bertz CT molecular complexity index is 938. The van der Waals surface area contributed by atoms with E-state index in [4.69, 9.17) is 4.42 Å². The van der Waals surface area contributed by atoms with Crippen molar-refractivity contribution < 1.29 is 9.21 Å². The lowest BCUT2D eigenvalue weighted by atomic mass is 10.1. The number of aromatic nitrogens is 2. The van der Waals surface area contributed by atoms with Gasteiger partial charge in [0, 0.05) is 17.3 Å². The van der Waals surface area contributed by atoms with Crippen LogP contribution in [-0.4, -0.2) is 16.3 Å². The lowest BCUT2D eigenvalue weighted by molar-refractivity contribution is 0.110. The van der Waals surface area contributed by atoms with Gasteiger partial charge in [-0.1, -0.05) is 29.5 Å². The normalized spacial score (nSPS) is 10.9. The van der Waals surface area contributed by atoms with Gasteiger partial charge in [0.15, 0.2) is 12.0 Å². The number of hydrogen-bond acceptors (Lipinski definition) is 5. The van der Waals surface area contributed by atoms with Crippen LogP contribution in [-0.2, 0) is 0 Å². The molecule has 0 atom stereocenters. The number of rotatable bonds is 3. The number of hydrogen-bond donors (Lipinski definition) is 0. The van der Waals surface area contributed by atoms with Crippen molar-refractivity contribution in [3.8, 4) is 21.9 Å². The predicted molar refractivity (Wildman–Crippen MR) is 85.9 cm³/mol. The Morgan fingerprint density at radius 3 is 2.77 bits per heavy atom. The average molecular weight is 306 g/mol. The van der Waals surface area contributed by atoms with Crippen LogP contribution in [0.2, 0.25) is 0 Å². The van der Waals surface area contributed by atoms with E-state index >= 15 is 0 Å². The summed E-state index contributed by atoms with van der Waals surface area (Å²) in [7, 11) is 0. The number of aldehydes is 1. The molecule has 4 aromatic rings. The summed E-state index contributed by atoms with van der Waals surface area (Å²) in [6.45, 7) is 0. The van der Waals surface area contributed by atoms with Crippen LogP contribution < -0.4 is 0 Å². The number of carbonyl (C=O) groups excluding carboxylic acids is 1. The number of pyridine rings is 1. The van der Waals surface area contributed by atoms with Crippen molar-refractivity contribution in [3.05, 3.63) is 60.5 Å². The van der Waals surface area contributed by atoms with Gasteiger partial charge in [0.1, 0.15) is 21.1 Å². The van der Waals surface area contributed by atoms with Gasteiger partial charge < -0.3 is 4.42 Å². The second-order valence-electron chi connectivity index (χ2n) is 4.75. The summed E-state index contributed by atoms with van der Waals surface area (Å²) in [5, 5.41) is 0.915. The summed E-state index contributed by atoms with van der Waals surface area (Å²) in [6, 6.07) is 15.2. The van der Waals surface area contributed by atoms with Crippen molar-refractivity contribution >= 4 is 28.0 Å². The fourth-order valence-electron chi connectivity index (χ4n) is 2.27. The molecule has 0 fully saturated rings. The molecule has 106 valence electrons. The molecule has 0 N–H and O–H groups in total. The van der Waals surface area contributed by atoms with Gasteiger partial charge in [-0.05, 0) is 30.3 Å². The smallest absolute Gasteiger partial charge is 0.185 e. The molecule has 4 rings (SSSR count). The standard InChI is InChI=1S/C17H10N2O2S/c20-10-13-6-7-15(21-13)11-3-1-4-12(9-11)16-19-14-5-2-8-18-17(14)22-16/h1-10H. The lowest BCUT2D eigenvalue weighted by Crippen LogP contribution is -1.79. The Kier molecular flexibility index (Phi) is 3.05. The first-order valence-electron chi connectivity index (χ1n) is 6.71. The Balaban J connectivity index is 1.79. The first kappa shape index (κ1) is 12.9. The van der Waals surface area contributed by atoms with Crippen molar-refractivity contribution in [2.75, 3.05) is 0 Å². The van der Waals surface area contributed by atoms with Crippen LogP contribution in [0.15, 0.2) is 59.1 Å². The maximum Gasteiger partial charge on any atom is 0.185 e. The second kappa shape index (κ2) is 5.20. The summed E-state index contributed by atoms with van der Waals surface area (Å²) in [6.07, 6.45) is 2.47. The zero-order valence-electron chi connectivity index (χ0n) is 11.4. The highest BCUT2D eigenvalue weighted by molar-refractivity contribution is 7.21. The minimum Gasteiger partial charge on any atom is -0.453 e. The summed E-state index contributed by atoms with van der Waals surface area (Å²) in [5.74, 6) is 0.993. The quantitative estimate of drug-likeness (QED) is 0.525. The van der Waals surface area contributed by atoms with Crippen molar-refractivity contribution in [2.45, 2.75) is 0 Å². The van der Waals surface area contributed by atoms with E-state index in [2.05, 4.69) is 9.97 Å². The minimum absolute atomic E-state index is 0.324. The zero-order valence-corrected chi connectivity index (χ0v) is 12.2. The maximum absolute atomic E-state index is 10.7. The maximum atomic E-state index is 10.7. The highest BCUT2D eigenvalue weighted by Gasteiger charge is 2.09. The Morgan fingerprint density at radius 1 is 1.05 bits per heavy atom. The summed E-state index contributed by atoms with van der Waals surface area (Å²) in [5.41, 5.74) is 2.82. The molecule has 0 saturated heterocycles. The molecule has 0 radical (unpaired) electrons. The van der Waals surface area contributed by atoms with Crippen LogP contribution in [0.25, 0.3) is 32.2 Å². The van der Waals surface area contributed by atoms with Gasteiger partial charge in [0.25, 0.3) is 0 Å². The fourth-order valence-corrected chi connectivity index (χ4v) is 3.17. The molecule has 0 aliphatic rings. The first-order valence-corrected chi connectivity index (χ1v) is 7.52. The second-order valence-corrected chi connectivity index (χ2v) is 5.72. The lowest BCUT2D eigenvalue weighted by Gasteiger charge is -2.00. The molecular weight excluding hydrogens is 296 g/mol. The van der Waals surface area contributed by atoms with Crippen LogP contribution in [0.4, 0.5) is 0 Å². The largest absolute Gasteiger partial charge is 0.453 e. The van der Waals surface area contributed by atoms with Crippen molar-refractivity contribution in [3.63, 3.8) is 0 Å². The van der Waals surface area contributed by atoms with E-state index in [1.54, 1.807) is 29.7 Å². The third-order valence-electron chi connectivity index (χ3n) is 3.30.